The standard InChI is InChI=1S/C10H14BrN/c1-5-7(3)10(12)8(4)6(2)9(5)11/h12H2,1-4H3. The highest BCUT2D eigenvalue weighted by molar-refractivity contribution is 9.10. The molecule has 0 fully saturated rings. The Bertz CT molecular complexity index is 224. The second-order valence-corrected chi connectivity index (χ2v) is 4.02. The third-order valence-corrected chi connectivity index (χ3v) is 3.78. The van der Waals surface area contributed by atoms with Gasteiger partial charge in [0.1, 0.15) is 0 Å². The third kappa shape index (κ3) is 1.24. The summed E-state index contributed by atoms with van der Waals surface area (Å²) in [5.41, 5.74) is 11.7. The normalized spacial score (nSPS) is 10.4. The average molecular weight is 228 g/mol. The highest BCUT2D eigenvalue weighted by atomic mass is 79.9. The fraction of sp³-hybridized carbons (Fsp3) is 0.400. The molecule has 1 nitrogen and oxygen atoms in total. The van der Waals surface area contributed by atoms with Crippen LogP contribution in [0.15, 0.2) is 4.47 Å². The van der Waals surface area contributed by atoms with Crippen LogP contribution in [0.5, 0.6) is 0 Å². The first-order valence-electron chi connectivity index (χ1n) is 3.98. The van der Waals surface area contributed by atoms with Gasteiger partial charge in [0.05, 0.1) is 0 Å². The van der Waals surface area contributed by atoms with E-state index in [4.69, 9.17) is 5.73 Å². The molecule has 0 aliphatic heterocycles. The van der Waals surface area contributed by atoms with Gasteiger partial charge in [0.15, 0.2) is 0 Å². The van der Waals surface area contributed by atoms with Gasteiger partial charge in [0.25, 0.3) is 0 Å². The van der Waals surface area contributed by atoms with E-state index in [1.54, 1.807) is 0 Å². The summed E-state index contributed by atoms with van der Waals surface area (Å²) in [5, 5.41) is 0. The first-order chi connectivity index (χ1) is 5.46. The number of hydrogen-bond acceptors (Lipinski definition) is 1. The summed E-state index contributed by atoms with van der Waals surface area (Å²) in [5.74, 6) is 0. The second-order valence-electron chi connectivity index (χ2n) is 3.23. The van der Waals surface area contributed by atoms with E-state index in [2.05, 4.69) is 43.6 Å². The number of nitrogens with two attached hydrogens (primary N) is 1. The van der Waals surface area contributed by atoms with Crippen molar-refractivity contribution in [1.82, 2.24) is 0 Å². The van der Waals surface area contributed by atoms with Crippen molar-refractivity contribution in [2.75, 3.05) is 5.73 Å². The minimum Gasteiger partial charge on any atom is -0.398 e. The van der Waals surface area contributed by atoms with Crippen LogP contribution in [-0.4, -0.2) is 0 Å². The van der Waals surface area contributed by atoms with E-state index in [1.807, 2.05) is 0 Å². The number of halogens is 1. The largest absolute Gasteiger partial charge is 0.398 e. The lowest BCUT2D eigenvalue weighted by Gasteiger charge is -2.13. The summed E-state index contributed by atoms with van der Waals surface area (Å²) in [4.78, 5) is 0. The van der Waals surface area contributed by atoms with E-state index in [-0.39, 0.29) is 0 Å². The van der Waals surface area contributed by atoms with Gasteiger partial charge in [-0.3, -0.25) is 0 Å². The van der Waals surface area contributed by atoms with Gasteiger partial charge < -0.3 is 5.73 Å². The molecule has 0 radical (unpaired) electrons. The maximum atomic E-state index is 5.93. The van der Waals surface area contributed by atoms with E-state index < -0.39 is 0 Å². The Kier molecular flexibility index (Phi) is 2.47. The summed E-state index contributed by atoms with van der Waals surface area (Å²) in [6.45, 7) is 8.29. The molecule has 0 atom stereocenters. The number of nitrogen functional groups attached to an aromatic ring is 1. The van der Waals surface area contributed by atoms with Crippen molar-refractivity contribution in [2.45, 2.75) is 27.7 Å². The molecule has 0 saturated carbocycles. The molecule has 0 unspecified atom stereocenters. The van der Waals surface area contributed by atoms with Gasteiger partial charge in [-0.1, -0.05) is 15.9 Å². The van der Waals surface area contributed by atoms with E-state index in [0.717, 1.165) is 5.69 Å². The Morgan fingerprint density at radius 3 is 1.50 bits per heavy atom. The van der Waals surface area contributed by atoms with Crippen LogP contribution in [0, 0.1) is 27.7 Å². The lowest BCUT2D eigenvalue weighted by molar-refractivity contribution is 1.22. The lowest BCUT2D eigenvalue weighted by Crippen LogP contribution is -2.00. The molecule has 66 valence electrons. The molecule has 0 bridgehead atoms. The highest BCUT2D eigenvalue weighted by Crippen LogP contribution is 2.31. The molecule has 1 aromatic rings. The van der Waals surface area contributed by atoms with Crippen LogP contribution < -0.4 is 5.73 Å². The minimum atomic E-state index is 0.924. The summed E-state index contributed by atoms with van der Waals surface area (Å²) in [6, 6.07) is 0. The van der Waals surface area contributed by atoms with E-state index in [9.17, 15) is 0 Å². The third-order valence-electron chi connectivity index (χ3n) is 2.59. The van der Waals surface area contributed by atoms with Crippen LogP contribution in [-0.2, 0) is 0 Å². The van der Waals surface area contributed by atoms with Crippen LogP contribution in [0.3, 0.4) is 0 Å². The molecule has 2 heteroatoms. The van der Waals surface area contributed by atoms with Crippen molar-refractivity contribution in [2.24, 2.45) is 0 Å². The maximum absolute atomic E-state index is 5.93. The number of benzene rings is 1. The van der Waals surface area contributed by atoms with Crippen molar-refractivity contribution in [3.8, 4) is 0 Å². The van der Waals surface area contributed by atoms with Crippen molar-refractivity contribution in [3.63, 3.8) is 0 Å². The maximum Gasteiger partial charge on any atom is 0.0379 e. The van der Waals surface area contributed by atoms with Gasteiger partial charge in [-0.2, -0.15) is 0 Å². The summed E-state index contributed by atoms with van der Waals surface area (Å²) >= 11 is 3.56. The monoisotopic (exact) mass is 227 g/mol. The number of hydrogen-bond donors (Lipinski definition) is 1. The molecule has 2 N–H and O–H groups in total. The van der Waals surface area contributed by atoms with Gasteiger partial charge >= 0.3 is 0 Å². The van der Waals surface area contributed by atoms with Crippen LogP contribution in [0.4, 0.5) is 5.69 Å². The Balaban J connectivity index is 3.60. The fourth-order valence-corrected chi connectivity index (χ4v) is 1.89. The molecular formula is C10H14BrN. The molecular weight excluding hydrogens is 214 g/mol. The van der Waals surface area contributed by atoms with Crippen LogP contribution >= 0.6 is 15.9 Å². The van der Waals surface area contributed by atoms with Crippen molar-refractivity contribution in [1.29, 1.82) is 0 Å². The van der Waals surface area contributed by atoms with Crippen molar-refractivity contribution in [3.05, 3.63) is 26.7 Å². The zero-order valence-electron chi connectivity index (χ0n) is 7.96. The second kappa shape index (κ2) is 3.09. The quantitative estimate of drug-likeness (QED) is 0.677. The SMILES string of the molecule is Cc1c(C)c(Br)c(C)c(C)c1N. The summed E-state index contributed by atoms with van der Waals surface area (Å²) in [7, 11) is 0. The van der Waals surface area contributed by atoms with E-state index in [1.165, 1.54) is 26.7 Å². The molecule has 0 heterocycles. The van der Waals surface area contributed by atoms with Crippen molar-refractivity contribution >= 4 is 21.6 Å². The molecule has 0 aliphatic rings. The Morgan fingerprint density at radius 1 is 0.833 bits per heavy atom. The number of rotatable bonds is 0. The van der Waals surface area contributed by atoms with Crippen molar-refractivity contribution < 1.29 is 0 Å². The fourth-order valence-electron chi connectivity index (χ4n) is 1.30. The van der Waals surface area contributed by atoms with E-state index >= 15 is 0 Å². The van der Waals surface area contributed by atoms with Gasteiger partial charge in [-0.25, -0.2) is 0 Å². The molecule has 12 heavy (non-hydrogen) atoms. The molecule has 1 rings (SSSR count). The molecule has 0 aromatic heterocycles. The zero-order chi connectivity index (χ0) is 9.46. The van der Waals surface area contributed by atoms with Crippen LogP contribution in [0.2, 0.25) is 0 Å². The summed E-state index contributed by atoms with van der Waals surface area (Å²) in [6.07, 6.45) is 0. The lowest BCUT2D eigenvalue weighted by atomic mass is 9.99. The first kappa shape index (κ1) is 9.59. The van der Waals surface area contributed by atoms with Gasteiger partial charge in [-0.05, 0) is 49.9 Å². The summed E-state index contributed by atoms with van der Waals surface area (Å²) < 4.78 is 1.19. The smallest absolute Gasteiger partial charge is 0.0379 e. The average Bonchev–Trinajstić information content (AvgIpc) is 2.08. The predicted octanol–water partition coefficient (Wildman–Crippen LogP) is 3.26. The van der Waals surface area contributed by atoms with Crippen LogP contribution in [0.25, 0.3) is 0 Å². The molecule has 0 amide bonds. The molecule has 0 saturated heterocycles. The van der Waals surface area contributed by atoms with Gasteiger partial charge in [-0.15, -0.1) is 0 Å². The Morgan fingerprint density at radius 2 is 1.17 bits per heavy atom. The predicted molar refractivity (Wildman–Crippen MR) is 57.5 cm³/mol. The molecule has 0 aliphatic carbocycles. The topological polar surface area (TPSA) is 26.0 Å². The zero-order valence-corrected chi connectivity index (χ0v) is 9.54. The van der Waals surface area contributed by atoms with Crippen LogP contribution in [0.1, 0.15) is 22.3 Å². The molecule has 1 aromatic carbocycles. The Labute approximate surface area is 82.1 Å². The number of anilines is 1. The highest BCUT2D eigenvalue weighted by Gasteiger charge is 2.09. The van der Waals surface area contributed by atoms with Gasteiger partial charge in [0.2, 0.25) is 0 Å². The Hall–Kier alpha value is -0.500. The first-order valence-corrected chi connectivity index (χ1v) is 4.77. The van der Waals surface area contributed by atoms with Gasteiger partial charge in [0, 0.05) is 10.2 Å². The molecule has 0 spiro atoms. The minimum absolute atomic E-state index is 0.924. The van der Waals surface area contributed by atoms with E-state index in [0.29, 0.717) is 0 Å².